The summed E-state index contributed by atoms with van der Waals surface area (Å²) in [6.45, 7) is 0.424. The Balaban J connectivity index is 1.47. The molecule has 0 bridgehead atoms. The Morgan fingerprint density at radius 3 is 1.79 bits per heavy atom. The number of imide groups is 1. The SMILES string of the molecule is O=C(OCCCCCN1C(=O)c2c(Br)c(Br)c(Br)c(Br)c2C1=O)Oc1c(Br)cc(Br)cc1Br. The van der Waals surface area contributed by atoms with Crippen LogP contribution in [0, 0.1) is 0 Å². The monoisotopic (exact) mass is 898 g/mol. The lowest BCUT2D eigenvalue weighted by molar-refractivity contribution is 0.0650. The Morgan fingerprint density at radius 1 is 0.758 bits per heavy atom. The molecule has 3 rings (SSSR count). The van der Waals surface area contributed by atoms with Gasteiger partial charge in [-0.05, 0) is 127 Å². The third-order valence-corrected chi connectivity index (χ3v) is 11.0. The predicted molar refractivity (Wildman–Crippen MR) is 148 cm³/mol. The number of amides is 2. The van der Waals surface area contributed by atoms with Gasteiger partial charge in [0, 0.05) is 28.9 Å². The van der Waals surface area contributed by atoms with Crippen molar-refractivity contribution in [3.8, 4) is 5.75 Å². The van der Waals surface area contributed by atoms with Gasteiger partial charge >= 0.3 is 6.16 Å². The van der Waals surface area contributed by atoms with Crippen LogP contribution in [0.15, 0.2) is 43.4 Å². The van der Waals surface area contributed by atoms with Gasteiger partial charge in [-0.2, -0.15) is 0 Å². The molecule has 0 atom stereocenters. The van der Waals surface area contributed by atoms with Gasteiger partial charge in [-0.3, -0.25) is 14.5 Å². The van der Waals surface area contributed by atoms with Crippen LogP contribution < -0.4 is 4.74 Å². The third kappa shape index (κ3) is 6.14. The standard InChI is InChI=1S/C20H12Br7NO5/c21-8-6-9(22)17(10(23)7-8)33-20(31)32-5-3-1-2-4-28-18(29)11-12(19(28)30)14(25)16(27)15(26)13(11)24/h6-7H,1-5H2. The maximum atomic E-state index is 12.8. The molecule has 0 fully saturated rings. The fourth-order valence-corrected chi connectivity index (χ4v) is 7.92. The van der Waals surface area contributed by atoms with Gasteiger partial charge in [-0.25, -0.2) is 4.79 Å². The molecule has 6 nitrogen and oxygen atoms in total. The summed E-state index contributed by atoms with van der Waals surface area (Å²) in [6.07, 6.45) is 0.976. The zero-order valence-electron chi connectivity index (χ0n) is 16.3. The molecule has 13 heteroatoms. The van der Waals surface area contributed by atoms with Crippen LogP contribution in [0.1, 0.15) is 40.0 Å². The Morgan fingerprint density at radius 2 is 1.27 bits per heavy atom. The quantitative estimate of drug-likeness (QED) is 0.0694. The highest BCUT2D eigenvalue weighted by atomic mass is 79.9. The van der Waals surface area contributed by atoms with E-state index in [0.717, 1.165) is 4.47 Å². The highest BCUT2D eigenvalue weighted by molar-refractivity contribution is 9.15. The first-order valence-corrected chi connectivity index (χ1v) is 14.8. The van der Waals surface area contributed by atoms with E-state index in [9.17, 15) is 14.4 Å². The second-order valence-corrected chi connectivity index (χ2v) is 12.5. The molecule has 2 amide bonds. The number of carbonyl (C=O) groups is 3. The summed E-state index contributed by atoms with van der Waals surface area (Å²) in [4.78, 5) is 38.8. The van der Waals surface area contributed by atoms with Crippen LogP contribution in [0.3, 0.4) is 0 Å². The molecule has 2 aromatic carbocycles. The number of halogens is 7. The molecule has 1 heterocycles. The predicted octanol–water partition coefficient (Wildman–Crippen LogP) is 9.01. The number of ether oxygens (including phenoxy) is 2. The second-order valence-electron chi connectivity index (χ2n) is 6.73. The first-order chi connectivity index (χ1) is 15.5. The molecule has 0 aromatic heterocycles. The van der Waals surface area contributed by atoms with E-state index in [1.165, 1.54) is 4.90 Å². The molecule has 176 valence electrons. The van der Waals surface area contributed by atoms with Crippen LogP contribution in [0.5, 0.6) is 5.75 Å². The summed E-state index contributed by atoms with van der Waals surface area (Å²) >= 11 is 23.6. The van der Waals surface area contributed by atoms with E-state index in [-0.39, 0.29) is 25.0 Å². The van der Waals surface area contributed by atoms with Crippen molar-refractivity contribution >= 4 is 129 Å². The average molecular weight is 906 g/mol. The topological polar surface area (TPSA) is 72.9 Å². The second kappa shape index (κ2) is 12.0. The maximum Gasteiger partial charge on any atom is 0.513 e. The number of hydrogen-bond donors (Lipinski definition) is 0. The summed E-state index contributed by atoms with van der Waals surface area (Å²) in [5.74, 6) is -0.369. The molecular weight excluding hydrogens is 894 g/mol. The smallest absolute Gasteiger partial charge is 0.434 e. The van der Waals surface area contributed by atoms with Crippen LogP contribution in [0.25, 0.3) is 0 Å². The largest absolute Gasteiger partial charge is 0.513 e. The normalized spacial score (nSPS) is 12.9. The fraction of sp³-hybridized carbons (Fsp3) is 0.250. The van der Waals surface area contributed by atoms with Gasteiger partial charge in [-0.1, -0.05) is 15.9 Å². The van der Waals surface area contributed by atoms with Crippen molar-refractivity contribution in [2.24, 2.45) is 0 Å². The van der Waals surface area contributed by atoms with E-state index < -0.39 is 6.16 Å². The lowest BCUT2D eigenvalue weighted by Crippen LogP contribution is -2.30. The van der Waals surface area contributed by atoms with Gasteiger partial charge in [0.2, 0.25) is 0 Å². The van der Waals surface area contributed by atoms with E-state index in [1.807, 2.05) is 0 Å². The minimum Gasteiger partial charge on any atom is -0.434 e. The summed E-state index contributed by atoms with van der Waals surface area (Å²) in [6, 6.07) is 3.50. The van der Waals surface area contributed by atoms with Crippen molar-refractivity contribution in [1.29, 1.82) is 0 Å². The van der Waals surface area contributed by atoms with E-state index in [0.29, 0.717) is 63.0 Å². The van der Waals surface area contributed by atoms with Gasteiger partial charge in [0.05, 0.1) is 26.7 Å². The molecule has 0 N–H and O–H groups in total. The number of carbonyl (C=O) groups excluding carboxylic acids is 3. The van der Waals surface area contributed by atoms with Gasteiger partial charge in [0.1, 0.15) is 0 Å². The zero-order valence-corrected chi connectivity index (χ0v) is 27.4. The molecule has 0 saturated heterocycles. The number of benzene rings is 2. The molecule has 0 unspecified atom stereocenters. The van der Waals surface area contributed by atoms with E-state index in [1.54, 1.807) is 12.1 Å². The maximum absolute atomic E-state index is 12.8. The van der Waals surface area contributed by atoms with Gasteiger partial charge < -0.3 is 9.47 Å². The Labute approximate surface area is 248 Å². The Hall–Kier alpha value is 0.210. The van der Waals surface area contributed by atoms with Crippen LogP contribution in [0.4, 0.5) is 4.79 Å². The molecule has 2 aromatic rings. The van der Waals surface area contributed by atoms with Crippen LogP contribution in [-0.2, 0) is 4.74 Å². The third-order valence-electron chi connectivity index (χ3n) is 4.58. The van der Waals surface area contributed by atoms with Gasteiger partial charge in [-0.15, -0.1) is 0 Å². The van der Waals surface area contributed by atoms with Crippen LogP contribution in [-0.4, -0.2) is 36.0 Å². The zero-order chi connectivity index (χ0) is 24.4. The molecule has 1 aliphatic heterocycles. The summed E-state index contributed by atoms with van der Waals surface area (Å²) in [5, 5.41) is 0. The highest BCUT2D eigenvalue weighted by Crippen LogP contribution is 2.45. The van der Waals surface area contributed by atoms with Crippen molar-refractivity contribution in [2.45, 2.75) is 19.3 Å². The number of fused-ring (bicyclic) bond motifs is 1. The van der Waals surface area contributed by atoms with Crippen LogP contribution >= 0.6 is 112 Å². The highest BCUT2D eigenvalue weighted by Gasteiger charge is 2.40. The molecule has 0 aliphatic carbocycles. The van der Waals surface area contributed by atoms with Crippen molar-refractivity contribution < 1.29 is 23.9 Å². The van der Waals surface area contributed by atoms with Crippen molar-refractivity contribution in [3.63, 3.8) is 0 Å². The van der Waals surface area contributed by atoms with Crippen molar-refractivity contribution in [2.75, 3.05) is 13.2 Å². The minimum absolute atomic E-state index is 0.156. The molecule has 1 aliphatic rings. The van der Waals surface area contributed by atoms with Crippen molar-refractivity contribution in [3.05, 3.63) is 54.6 Å². The summed E-state index contributed by atoms with van der Waals surface area (Å²) < 4.78 is 14.7. The van der Waals surface area contributed by atoms with E-state index in [4.69, 9.17) is 9.47 Å². The molecule has 33 heavy (non-hydrogen) atoms. The Bertz CT molecular complexity index is 1080. The van der Waals surface area contributed by atoms with Gasteiger partial charge in [0.15, 0.2) is 5.75 Å². The first kappa shape index (κ1) is 27.8. The van der Waals surface area contributed by atoms with Crippen molar-refractivity contribution in [1.82, 2.24) is 4.90 Å². The van der Waals surface area contributed by atoms with E-state index in [2.05, 4.69) is 112 Å². The Kier molecular flexibility index (Phi) is 10.1. The minimum atomic E-state index is -0.815. The average Bonchev–Trinajstić information content (AvgIpc) is 3.00. The van der Waals surface area contributed by atoms with E-state index >= 15 is 0 Å². The molecular formula is C20H12Br7NO5. The van der Waals surface area contributed by atoms with Crippen LogP contribution in [0.2, 0.25) is 0 Å². The number of rotatable bonds is 7. The summed E-state index contributed by atoms with van der Waals surface area (Å²) in [5.41, 5.74) is 0.664. The number of nitrogens with zero attached hydrogens (tertiary/aromatic N) is 1. The molecule has 0 spiro atoms. The fourth-order valence-electron chi connectivity index (χ4n) is 3.04. The lowest BCUT2D eigenvalue weighted by Gasteiger charge is -2.13. The number of unbranched alkanes of at least 4 members (excludes halogenated alkanes) is 2. The lowest BCUT2D eigenvalue weighted by atomic mass is 10.1. The first-order valence-electron chi connectivity index (χ1n) is 9.25. The molecule has 0 saturated carbocycles. The molecule has 0 radical (unpaired) electrons. The number of hydrogen-bond acceptors (Lipinski definition) is 5. The summed E-state index contributed by atoms with van der Waals surface area (Å²) in [7, 11) is 0. The van der Waals surface area contributed by atoms with Gasteiger partial charge in [0.25, 0.3) is 11.8 Å².